The van der Waals surface area contributed by atoms with Crippen molar-refractivity contribution < 1.29 is 19.4 Å². The number of hydrogen-bond donors (Lipinski definition) is 4. The van der Waals surface area contributed by atoms with E-state index in [-0.39, 0.29) is 13.2 Å². The summed E-state index contributed by atoms with van der Waals surface area (Å²) in [6.45, 7) is -0.0711. The highest BCUT2D eigenvalue weighted by Gasteiger charge is 2.04. The number of rotatable bonds is 4. The molecule has 5 N–H and O–H groups in total. The van der Waals surface area contributed by atoms with Crippen LogP contribution in [0.1, 0.15) is 0 Å². The molecule has 0 spiro atoms. The first-order chi connectivity index (χ1) is 4.16. The second-order valence-corrected chi connectivity index (χ2v) is 2.20. The summed E-state index contributed by atoms with van der Waals surface area (Å²) < 4.78 is 4.24. The van der Waals surface area contributed by atoms with Crippen molar-refractivity contribution in [3.8, 4) is 0 Å². The van der Waals surface area contributed by atoms with Gasteiger partial charge in [0.2, 0.25) is 0 Å². The summed E-state index contributed by atoms with van der Waals surface area (Å²) in [4.78, 5) is 16.3. The quantitative estimate of drug-likeness (QED) is 0.372. The Kier molecular flexibility index (Phi) is 5.18. The lowest BCUT2D eigenvalue weighted by Crippen LogP contribution is -2.24. The van der Waals surface area contributed by atoms with E-state index in [1.54, 1.807) is 0 Å². The van der Waals surface area contributed by atoms with Crippen LogP contribution in [-0.2, 0) is 4.52 Å². The molecule has 0 aromatic heterocycles. The highest BCUT2D eigenvalue weighted by atomic mass is 31.2. The van der Waals surface area contributed by atoms with Gasteiger partial charge in [-0.15, -0.1) is 0 Å². The minimum atomic E-state index is -2.35. The lowest BCUT2D eigenvalue weighted by molar-refractivity contribution is 0.105. The Hall–Kier alpha value is 0.230. The third-order valence-electron chi connectivity index (χ3n) is 0.654. The molecule has 0 heterocycles. The van der Waals surface area contributed by atoms with Gasteiger partial charge in [0.25, 0.3) is 0 Å². The lowest BCUT2D eigenvalue weighted by Gasteiger charge is -2.07. The Labute approximate surface area is 54.1 Å². The molecule has 0 aliphatic rings. The molecule has 0 fully saturated rings. The molecule has 6 heteroatoms. The molecule has 56 valence electrons. The molecule has 0 rings (SSSR count). The van der Waals surface area contributed by atoms with Gasteiger partial charge in [-0.05, 0) is 0 Å². The van der Waals surface area contributed by atoms with Crippen LogP contribution in [-0.4, -0.2) is 34.1 Å². The normalized spacial score (nSPS) is 14.3. The predicted octanol–water partition coefficient (Wildman–Crippen LogP) is -1.47. The van der Waals surface area contributed by atoms with Crippen molar-refractivity contribution in [3.63, 3.8) is 0 Å². The highest BCUT2D eigenvalue weighted by molar-refractivity contribution is 7.39. The van der Waals surface area contributed by atoms with Crippen LogP contribution in [0.2, 0.25) is 0 Å². The summed E-state index contributed by atoms with van der Waals surface area (Å²) in [7, 11) is -2.35. The SMILES string of the molecule is NCC(O)COP(O)O. The second kappa shape index (κ2) is 5.05. The third kappa shape index (κ3) is 6.11. The van der Waals surface area contributed by atoms with Crippen LogP contribution in [0.15, 0.2) is 0 Å². The second-order valence-electron chi connectivity index (χ2n) is 1.44. The van der Waals surface area contributed by atoms with E-state index in [9.17, 15) is 0 Å². The van der Waals surface area contributed by atoms with Gasteiger partial charge in [0, 0.05) is 6.54 Å². The Morgan fingerprint density at radius 2 is 2.11 bits per heavy atom. The molecule has 0 amide bonds. The predicted molar refractivity (Wildman–Crippen MR) is 32.4 cm³/mol. The molecule has 0 aliphatic heterocycles. The molecule has 0 aromatic carbocycles. The van der Waals surface area contributed by atoms with Crippen molar-refractivity contribution in [3.05, 3.63) is 0 Å². The van der Waals surface area contributed by atoms with Gasteiger partial charge in [-0.3, -0.25) is 0 Å². The van der Waals surface area contributed by atoms with Gasteiger partial charge in [0.05, 0.1) is 12.7 Å². The average molecular weight is 155 g/mol. The van der Waals surface area contributed by atoms with Crippen LogP contribution in [0.25, 0.3) is 0 Å². The summed E-state index contributed by atoms with van der Waals surface area (Å²) in [5.41, 5.74) is 4.97. The average Bonchev–Trinajstić information content (AvgIpc) is 1.83. The molecule has 1 unspecified atom stereocenters. The van der Waals surface area contributed by atoms with E-state index in [0.717, 1.165) is 0 Å². The molecule has 9 heavy (non-hydrogen) atoms. The van der Waals surface area contributed by atoms with Crippen molar-refractivity contribution in [1.82, 2.24) is 0 Å². The van der Waals surface area contributed by atoms with Crippen molar-refractivity contribution in [2.75, 3.05) is 13.2 Å². The molecular weight excluding hydrogens is 145 g/mol. The van der Waals surface area contributed by atoms with Gasteiger partial charge in [0.15, 0.2) is 0 Å². The summed E-state index contributed by atoms with van der Waals surface area (Å²) in [5, 5.41) is 8.64. The van der Waals surface area contributed by atoms with Gasteiger partial charge in [-0.25, -0.2) is 0 Å². The van der Waals surface area contributed by atoms with Crippen LogP contribution in [0.3, 0.4) is 0 Å². The molecule has 0 aliphatic carbocycles. The maximum absolute atomic E-state index is 8.64. The maximum Gasteiger partial charge on any atom is 0.327 e. The molecule has 5 nitrogen and oxygen atoms in total. The zero-order chi connectivity index (χ0) is 7.28. The molecular formula is C3H10NO4P. The minimum absolute atomic E-state index is 0.0587. The van der Waals surface area contributed by atoms with E-state index in [0.29, 0.717) is 0 Å². The fraction of sp³-hybridized carbons (Fsp3) is 1.00. The number of nitrogens with two attached hydrogens (primary N) is 1. The minimum Gasteiger partial charge on any atom is -0.389 e. The van der Waals surface area contributed by atoms with Gasteiger partial charge in [0.1, 0.15) is 0 Å². The van der Waals surface area contributed by atoms with Crippen LogP contribution < -0.4 is 5.73 Å². The number of hydrogen-bond acceptors (Lipinski definition) is 5. The van der Waals surface area contributed by atoms with Crippen LogP contribution in [0.5, 0.6) is 0 Å². The van der Waals surface area contributed by atoms with Crippen molar-refractivity contribution >= 4 is 8.60 Å². The molecule has 0 saturated heterocycles. The monoisotopic (exact) mass is 155 g/mol. The third-order valence-corrected chi connectivity index (χ3v) is 1.03. The number of aliphatic hydroxyl groups is 1. The summed E-state index contributed by atoms with van der Waals surface area (Å²) >= 11 is 0. The molecule has 0 aromatic rings. The van der Waals surface area contributed by atoms with E-state index in [1.165, 1.54) is 0 Å². The Bertz CT molecular complexity index is 70.8. The van der Waals surface area contributed by atoms with Crippen molar-refractivity contribution in [1.29, 1.82) is 0 Å². The molecule has 0 saturated carbocycles. The van der Waals surface area contributed by atoms with E-state index in [2.05, 4.69) is 4.52 Å². The highest BCUT2D eigenvalue weighted by Crippen LogP contribution is 2.23. The van der Waals surface area contributed by atoms with Gasteiger partial charge in [-0.2, -0.15) is 0 Å². The molecule has 1 atom stereocenters. The van der Waals surface area contributed by atoms with Crippen molar-refractivity contribution in [2.24, 2.45) is 5.73 Å². The zero-order valence-corrected chi connectivity index (χ0v) is 5.66. The van der Waals surface area contributed by atoms with Gasteiger partial charge >= 0.3 is 8.60 Å². The summed E-state index contributed by atoms with van der Waals surface area (Å²) in [6, 6.07) is 0. The Balaban J connectivity index is 3.06. The van der Waals surface area contributed by atoms with Crippen LogP contribution >= 0.6 is 8.60 Å². The smallest absolute Gasteiger partial charge is 0.327 e. The van der Waals surface area contributed by atoms with E-state index in [4.69, 9.17) is 20.6 Å². The van der Waals surface area contributed by atoms with Crippen LogP contribution in [0, 0.1) is 0 Å². The Morgan fingerprint density at radius 1 is 1.56 bits per heavy atom. The maximum atomic E-state index is 8.64. The molecule has 0 radical (unpaired) electrons. The van der Waals surface area contributed by atoms with Crippen LogP contribution in [0.4, 0.5) is 0 Å². The number of aliphatic hydroxyl groups excluding tert-OH is 1. The van der Waals surface area contributed by atoms with Crippen molar-refractivity contribution in [2.45, 2.75) is 6.10 Å². The lowest BCUT2D eigenvalue weighted by atomic mass is 10.4. The topological polar surface area (TPSA) is 95.9 Å². The first-order valence-electron chi connectivity index (χ1n) is 2.35. The van der Waals surface area contributed by atoms with Gasteiger partial charge in [-0.1, -0.05) is 0 Å². The standard InChI is InChI=1S/C3H10NO4P/c4-1-3(5)2-8-9(6)7/h3,5-7H,1-2,4H2. The fourth-order valence-corrected chi connectivity index (χ4v) is 0.526. The van der Waals surface area contributed by atoms with E-state index < -0.39 is 14.7 Å². The fourth-order valence-electron chi connectivity index (χ4n) is 0.221. The Morgan fingerprint density at radius 3 is 2.44 bits per heavy atom. The largest absolute Gasteiger partial charge is 0.389 e. The first-order valence-corrected chi connectivity index (χ1v) is 3.52. The van der Waals surface area contributed by atoms with Gasteiger partial charge < -0.3 is 25.2 Å². The zero-order valence-electron chi connectivity index (χ0n) is 4.77. The first kappa shape index (κ1) is 9.23. The summed E-state index contributed by atoms with van der Waals surface area (Å²) in [5.74, 6) is 0. The summed E-state index contributed by atoms with van der Waals surface area (Å²) in [6.07, 6.45) is -0.811. The molecule has 0 bridgehead atoms. The van der Waals surface area contributed by atoms with E-state index in [1.807, 2.05) is 0 Å². The van der Waals surface area contributed by atoms with E-state index >= 15 is 0 Å².